The highest BCUT2D eigenvalue weighted by Crippen LogP contribution is 2.14. The molecule has 1 aromatic rings. The lowest BCUT2D eigenvalue weighted by atomic mass is 10.1. The van der Waals surface area contributed by atoms with Crippen LogP contribution in [0.1, 0.15) is 30.6 Å². The van der Waals surface area contributed by atoms with Gasteiger partial charge >= 0.3 is 0 Å². The molecule has 0 radical (unpaired) electrons. The summed E-state index contributed by atoms with van der Waals surface area (Å²) in [6.07, 6.45) is 0.714. The minimum Gasteiger partial charge on any atom is -0.394 e. The second kappa shape index (κ2) is 6.91. The molecule has 17 heavy (non-hydrogen) atoms. The summed E-state index contributed by atoms with van der Waals surface area (Å²) < 4.78 is 0. The number of benzene rings is 1. The number of hydrogen-bond donors (Lipinski definition) is 3. The van der Waals surface area contributed by atoms with E-state index in [1.54, 1.807) is 6.07 Å². The number of anilines is 1. The van der Waals surface area contributed by atoms with E-state index in [4.69, 9.17) is 5.11 Å². The van der Waals surface area contributed by atoms with Crippen LogP contribution in [0.15, 0.2) is 24.3 Å². The third-order valence-electron chi connectivity index (χ3n) is 2.59. The maximum Gasteiger partial charge on any atom is 0.253 e. The first-order chi connectivity index (χ1) is 8.22. The Morgan fingerprint density at radius 1 is 1.35 bits per heavy atom. The van der Waals surface area contributed by atoms with Gasteiger partial charge in [-0.2, -0.15) is 0 Å². The van der Waals surface area contributed by atoms with Gasteiger partial charge in [0.1, 0.15) is 0 Å². The molecule has 0 bridgehead atoms. The van der Waals surface area contributed by atoms with E-state index in [1.165, 1.54) is 0 Å². The predicted molar refractivity (Wildman–Crippen MR) is 69.2 cm³/mol. The van der Waals surface area contributed by atoms with Crippen LogP contribution < -0.4 is 10.6 Å². The molecule has 1 amide bonds. The number of amides is 1. The van der Waals surface area contributed by atoms with Gasteiger partial charge in [-0.25, -0.2) is 0 Å². The monoisotopic (exact) mass is 236 g/mol. The molecule has 0 aliphatic rings. The van der Waals surface area contributed by atoms with E-state index < -0.39 is 0 Å². The fraction of sp³-hybridized carbons (Fsp3) is 0.462. The largest absolute Gasteiger partial charge is 0.394 e. The average Bonchev–Trinajstić information content (AvgIpc) is 2.36. The molecule has 0 saturated carbocycles. The summed E-state index contributed by atoms with van der Waals surface area (Å²) in [6, 6.07) is 7.18. The first-order valence-corrected chi connectivity index (χ1v) is 5.97. The number of rotatable bonds is 6. The molecule has 94 valence electrons. The first-order valence-electron chi connectivity index (χ1n) is 5.97. The van der Waals surface area contributed by atoms with E-state index in [-0.39, 0.29) is 18.6 Å². The van der Waals surface area contributed by atoms with Gasteiger partial charge in [-0.3, -0.25) is 4.79 Å². The fourth-order valence-electron chi connectivity index (χ4n) is 1.57. The number of aliphatic hydroxyl groups is 1. The van der Waals surface area contributed by atoms with Crippen molar-refractivity contribution >= 4 is 11.6 Å². The molecule has 0 aliphatic heterocycles. The van der Waals surface area contributed by atoms with Crippen LogP contribution in [0.2, 0.25) is 0 Å². The Morgan fingerprint density at radius 3 is 2.65 bits per heavy atom. The summed E-state index contributed by atoms with van der Waals surface area (Å²) in [5.74, 6) is -0.151. The van der Waals surface area contributed by atoms with E-state index in [9.17, 15) is 4.79 Å². The van der Waals surface area contributed by atoms with Gasteiger partial charge in [0.15, 0.2) is 0 Å². The molecule has 0 aromatic heterocycles. The molecule has 1 rings (SSSR count). The number of para-hydroxylation sites is 1. The quantitative estimate of drug-likeness (QED) is 0.703. The number of nitrogens with one attached hydrogen (secondary N) is 2. The number of carbonyl (C=O) groups excluding carboxylic acids is 1. The molecule has 0 unspecified atom stereocenters. The van der Waals surface area contributed by atoms with Crippen molar-refractivity contribution in [2.24, 2.45) is 0 Å². The molecule has 0 heterocycles. The van der Waals surface area contributed by atoms with Gasteiger partial charge in [0.25, 0.3) is 5.91 Å². The van der Waals surface area contributed by atoms with Crippen molar-refractivity contribution in [2.45, 2.75) is 26.3 Å². The van der Waals surface area contributed by atoms with Crippen LogP contribution in [-0.2, 0) is 0 Å². The van der Waals surface area contributed by atoms with Crippen molar-refractivity contribution < 1.29 is 9.90 Å². The Labute approximate surface area is 102 Å². The molecule has 4 nitrogen and oxygen atoms in total. The van der Waals surface area contributed by atoms with E-state index >= 15 is 0 Å². The van der Waals surface area contributed by atoms with Crippen LogP contribution in [0.4, 0.5) is 5.69 Å². The van der Waals surface area contributed by atoms with Gasteiger partial charge < -0.3 is 15.7 Å². The zero-order valence-corrected chi connectivity index (χ0v) is 10.4. The molecule has 4 heteroatoms. The molecule has 0 saturated heterocycles. The Balaban J connectivity index is 2.80. The van der Waals surface area contributed by atoms with Crippen LogP contribution in [0.3, 0.4) is 0 Å². The Kier molecular flexibility index (Phi) is 5.49. The van der Waals surface area contributed by atoms with Gasteiger partial charge in [-0.15, -0.1) is 0 Å². The zero-order chi connectivity index (χ0) is 12.7. The standard InChI is InChI=1S/C13H20N2O2/c1-3-10(9-16)15-13(17)11-7-5-6-8-12(11)14-4-2/h5-8,10,14,16H,3-4,9H2,1-2H3,(H,15,17)/t10-/m1/s1. The third kappa shape index (κ3) is 3.75. The van der Waals surface area contributed by atoms with E-state index in [1.807, 2.05) is 32.0 Å². The van der Waals surface area contributed by atoms with Gasteiger partial charge in [0.05, 0.1) is 18.2 Å². The summed E-state index contributed by atoms with van der Waals surface area (Å²) in [6.45, 7) is 4.64. The average molecular weight is 236 g/mol. The SMILES string of the molecule is CCNc1ccccc1C(=O)N[C@H](CC)CO. The molecule has 3 N–H and O–H groups in total. The van der Waals surface area contributed by atoms with Crippen LogP contribution in [0.25, 0.3) is 0 Å². The summed E-state index contributed by atoms with van der Waals surface area (Å²) in [7, 11) is 0. The lowest BCUT2D eigenvalue weighted by molar-refractivity contribution is 0.0916. The van der Waals surface area contributed by atoms with Crippen LogP contribution >= 0.6 is 0 Å². The molecule has 1 aromatic carbocycles. The highest BCUT2D eigenvalue weighted by molar-refractivity contribution is 5.99. The lowest BCUT2D eigenvalue weighted by Crippen LogP contribution is -2.37. The molecular formula is C13H20N2O2. The maximum atomic E-state index is 12.0. The van der Waals surface area contributed by atoms with Crippen molar-refractivity contribution in [3.05, 3.63) is 29.8 Å². The summed E-state index contributed by atoms with van der Waals surface area (Å²) in [5, 5.41) is 15.0. The van der Waals surface area contributed by atoms with Gasteiger partial charge in [0.2, 0.25) is 0 Å². The number of hydrogen-bond acceptors (Lipinski definition) is 3. The molecule has 0 fully saturated rings. The van der Waals surface area contributed by atoms with Crippen molar-refractivity contribution in [3.63, 3.8) is 0 Å². The normalized spacial score (nSPS) is 11.9. The second-order valence-corrected chi connectivity index (χ2v) is 3.84. The van der Waals surface area contributed by atoms with Crippen LogP contribution in [0, 0.1) is 0 Å². The predicted octanol–water partition coefficient (Wildman–Crippen LogP) is 1.62. The van der Waals surface area contributed by atoms with Crippen LogP contribution in [0.5, 0.6) is 0 Å². The summed E-state index contributed by atoms with van der Waals surface area (Å²) in [4.78, 5) is 12.0. The molecular weight excluding hydrogens is 216 g/mol. The first kappa shape index (κ1) is 13.5. The van der Waals surface area contributed by atoms with E-state index in [0.717, 1.165) is 12.2 Å². The Bertz CT molecular complexity index is 362. The van der Waals surface area contributed by atoms with Crippen molar-refractivity contribution in [3.8, 4) is 0 Å². The fourth-order valence-corrected chi connectivity index (χ4v) is 1.57. The minimum absolute atomic E-state index is 0.0361. The Hall–Kier alpha value is -1.55. The smallest absolute Gasteiger partial charge is 0.253 e. The highest BCUT2D eigenvalue weighted by atomic mass is 16.3. The number of carbonyl (C=O) groups is 1. The topological polar surface area (TPSA) is 61.4 Å². The molecule has 1 atom stereocenters. The van der Waals surface area contributed by atoms with E-state index in [0.29, 0.717) is 12.0 Å². The van der Waals surface area contributed by atoms with Gasteiger partial charge in [0, 0.05) is 12.2 Å². The number of aliphatic hydroxyl groups excluding tert-OH is 1. The molecule has 0 aliphatic carbocycles. The third-order valence-corrected chi connectivity index (χ3v) is 2.59. The summed E-state index contributed by atoms with van der Waals surface area (Å²) in [5.41, 5.74) is 1.43. The second-order valence-electron chi connectivity index (χ2n) is 3.84. The van der Waals surface area contributed by atoms with Crippen molar-refractivity contribution in [1.82, 2.24) is 5.32 Å². The summed E-state index contributed by atoms with van der Waals surface area (Å²) >= 11 is 0. The highest BCUT2D eigenvalue weighted by Gasteiger charge is 2.13. The maximum absolute atomic E-state index is 12.0. The van der Waals surface area contributed by atoms with Crippen molar-refractivity contribution in [1.29, 1.82) is 0 Å². The van der Waals surface area contributed by atoms with Gasteiger partial charge in [-0.1, -0.05) is 19.1 Å². The zero-order valence-electron chi connectivity index (χ0n) is 10.4. The Morgan fingerprint density at radius 2 is 2.06 bits per heavy atom. The lowest BCUT2D eigenvalue weighted by Gasteiger charge is -2.16. The minimum atomic E-state index is -0.183. The van der Waals surface area contributed by atoms with Crippen LogP contribution in [-0.4, -0.2) is 30.2 Å². The van der Waals surface area contributed by atoms with E-state index in [2.05, 4.69) is 10.6 Å². The molecule has 0 spiro atoms. The van der Waals surface area contributed by atoms with Crippen molar-refractivity contribution in [2.75, 3.05) is 18.5 Å². The van der Waals surface area contributed by atoms with Gasteiger partial charge in [-0.05, 0) is 25.5 Å².